The van der Waals surface area contributed by atoms with Crippen LogP contribution in [0.2, 0.25) is 0 Å². The van der Waals surface area contributed by atoms with Crippen LogP contribution in [0.15, 0.2) is 43.0 Å². The Hall–Kier alpha value is -2.60. The molecular formula is C20H22N4O2. The van der Waals surface area contributed by atoms with Crippen molar-refractivity contribution in [2.75, 3.05) is 31.7 Å². The first kappa shape index (κ1) is 15.6. The van der Waals surface area contributed by atoms with Crippen LogP contribution in [0, 0.1) is 0 Å². The lowest BCUT2D eigenvalue weighted by atomic mass is 9.79. The van der Waals surface area contributed by atoms with E-state index in [-0.39, 0.29) is 5.60 Å². The van der Waals surface area contributed by atoms with Crippen LogP contribution in [0.1, 0.15) is 24.0 Å². The highest BCUT2D eigenvalue weighted by atomic mass is 16.5. The first-order valence-corrected chi connectivity index (χ1v) is 9.13. The number of rotatable bonds is 2. The van der Waals surface area contributed by atoms with Gasteiger partial charge in [0.1, 0.15) is 17.2 Å². The van der Waals surface area contributed by atoms with Gasteiger partial charge in [0, 0.05) is 31.0 Å². The fourth-order valence-corrected chi connectivity index (χ4v) is 4.46. The second-order valence-corrected chi connectivity index (χ2v) is 7.00. The highest BCUT2D eigenvalue weighted by Gasteiger charge is 2.43. The molecule has 0 N–H and O–H groups in total. The SMILES string of the molecule is COc1cccc2c1C1(CCN(c3cncc4nccn34)CC1)OCC2. The van der Waals surface area contributed by atoms with Crippen molar-refractivity contribution in [3.8, 4) is 5.75 Å². The molecule has 0 atom stereocenters. The van der Waals surface area contributed by atoms with Crippen molar-refractivity contribution in [1.29, 1.82) is 0 Å². The first-order chi connectivity index (χ1) is 12.8. The Balaban J connectivity index is 1.47. The molecule has 26 heavy (non-hydrogen) atoms. The van der Waals surface area contributed by atoms with Crippen LogP contribution >= 0.6 is 0 Å². The largest absolute Gasteiger partial charge is 0.496 e. The highest BCUT2D eigenvalue weighted by Crippen LogP contribution is 2.46. The lowest BCUT2D eigenvalue weighted by Crippen LogP contribution is -2.47. The molecule has 2 aliphatic heterocycles. The van der Waals surface area contributed by atoms with E-state index in [1.807, 2.05) is 18.6 Å². The summed E-state index contributed by atoms with van der Waals surface area (Å²) in [6, 6.07) is 6.35. The molecule has 4 heterocycles. The molecule has 3 aromatic rings. The number of imidazole rings is 1. The lowest BCUT2D eigenvalue weighted by Gasteiger charge is -2.46. The van der Waals surface area contributed by atoms with Gasteiger partial charge in [0.15, 0.2) is 5.65 Å². The molecule has 6 nitrogen and oxygen atoms in total. The van der Waals surface area contributed by atoms with E-state index in [9.17, 15) is 0 Å². The monoisotopic (exact) mass is 350 g/mol. The summed E-state index contributed by atoms with van der Waals surface area (Å²) in [5.41, 5.74) is 3.26. The Morgan fingerprint density at radius 3 is 2.92 bits per heavy atom. The zero-order valence-electron chi connectivity index (χ0n) is 14.9. The minimum absolute atomic E-state index is 0.243. The lowest BCUT2D eigenvalue weighted by molar-refractivity contribution is -0.0780. The van der Waals surface area contributed by atoms with Gasteiger partial charge in [-0.2, -0.15) is 0 Å². The summed E-state index contributed by atoms with van der Waals surface area (Å²) in [5, 5.41) is 0. The standard InChI is InChI=1S/C20H22N4O2/c1-25-16-4-2-3-15-5-12-26-20(19(15)16)6-9-23(10-7-20)18-14-21-13-17-22-8-11-24(17)18/h2-4,8,11,13-14H,5-7,9-10,12H2,1H3. The molecule has 1 aromatic carbocycles. The molecule has 2 aliphatic rings. The van der Waals surface area contributed by atoms with Crippen molar-refractivity contribution in [3.05, 3.63) is 54.1 Å². The second-order valence-electron chi connectivity index (χ2n) is 7.00. The number of ether oxygens (including phenoxy) is 2. The van der Waals surface area contributed by atoms with Gasteiger partial charge in [0.2, 0.25) is 0 Å². The van der Waals surface area contributed by atoms with Crippen molar-refractivity contribution < 1.29 is 9.47 Å². The number of anilines is 1. The fraction of sp³-hybridized carbons (Fsp3) is 0.400. The van der Waals surface area contributed by atoms with Gasteiger partial charge in [-0.1, -0.05) is 12.1 Å². The molecule has 0 bridgehead atoms. The van der Waals surface area contributed by atoms with E-state index in [0.717, 1.165) is 56.2 Å². The number of hydrogen-bond donors (Lipinski definition) is 0. The van der Waals surface area contributed by atoms with Crippen molar-refractivity contribution in [3.63, 3.8) is 0 Å². The molecule has 0 radical (unpaired) electrons. The Bertz CT molecular complexity index is 930. The van der Waals surface area contributed by atoms with Crippen molar-refractivity contribution in [1.82, 2.24) is 14.4 Å². The molecule has 1 spiro atoms. The third kappa shape index (κ3) is 2.29. The van der Waals surface area contributed by atoms with E-state index in [0.29, 0.717) is 0 Å². The molecule has 0 aliphatic carbocycles. The Morgan fingerprint density at radius 2 is 2.08 bits per heavy atom. The predicted molar refractivity (Wildman–Crippen MR) is 98.8 cm³/mol. The summed E-state index contributed by atoms with van der Waals surface area (Å²) in [6.07, 6.45) is 10.3. The summed E-state index contributed by atoms with van der Waals surface area (Å²) in [7, 11) is 1.75. The number of aromatic nitrogens is 3. The first-order valence-electron chi connectivity index (χ1n) is 9.13. The van der Waals surface area contributed by atoms with Crippen LogP contribution in [-0.2, 0) is 16.8 Å². The summed E-state index contributed by atoms with van der Waals surface area (Å²) in [5.74, 6) is 2.04. The molecule has 0 amide bonds. The minimum Gasteiger partial charge on any atom is -0.496 e. The van der Waals surface area contributed by atoms with Crippen LogP contribution in [-0.4, -0.2) is 41.2 Å². The van der Waals surface area contributed by atoms with E-state index < -0.39 is 0 Å². The number of methoxy groups -OCH3 is 1. The van der Waals surface area contributed by atoms with E-state index in [2.05, 4.69) is 37.5 Å². The number of nitrogens with zero attached hydrogens (tertiary/aromatic N) is 4. The van der Waals surface area contributed by atoms with Crippen LogP contribution in [0.3, 0.4) is 0 Å². The summed E-state index contributed by atoms with van der Waals surface area (Å²) in [6.45, 7) is 2.60. The third-order valence-corrected chi connectivity index (χ3v) is 5.73. The molecule has 1 fully saturated rings. The van der Waals surface area contributed by atoms with Crippen molar-refractivity contribution in [2.24, 2.45) is 0 Å². The van der Waals surface area contributed by atoms with E-state index in [1.165, 1.54) is 11.1 Å². The van der Waals surface area contributed by atoms with Gasteiger partial charge < -0.3 is 14.4 Å². The van der Waals surface area contributed by atoms with Crippen LogP contribution < -0.4 is 9.64 Å². The zero-order chi connectivity index (χ0) is 17.6. The Labute approximate surface area is 152 Å². The van der Waals surface area contributed by atoms with E-state index in [1.54, 1.807) is 13.3 Å². The molecule has 5 rings (SSSR count). The maximum atomic E-state index is 6.39. The van der Waals surface area contributed by atoms with Gasteiger partial charge >= 0.3 is 0 Å². The van der Waals surface area contributed by atoms with Crippen LogP contribution in [0.25, 0.3) is 5.65 Å². The summed E-state index contributed by atoms with van der Waals surface area (Å²) < 4.78 is 14.2. The maximum absolute atomic E-state index is 6.39. The quantitative estimate of drug-likeness (QED) is 0.711. The molecule has 134 valence electrons. The highest BCUT2D eigenvalue weighted by molar-refractivity contribution is 5.51. The van der Waals surface area contributed by atoms with Crippen molar-refractivity contribution in [2.45, 2.75) is 24.9 Å². The topological polar surface area (TPSA) is 51.9 Å². The molecule has 2 aromatic heterocycles. The number of fused-ring (bicyclic) bond motifs is 3. The average molecular weight is 350 g/mol. The normalized spacial score (nSPS) is 18.9. The smallest absolute Gasteiger partial charge is 0.156 e. The van der Waals surface area contributed by atoms with E-state index >= 15 is 0 Å². The number of benzene rings is 1. The number of hydrogen-bond acceptors (Lipinski definition) is 5. The zero-order valence-corrected chi connectivity index (χ0v) is 14.9. The van der Waals surface area contributed by atoms with Crippen LogP contribution in [0.4, 0.5) is 5.82 Å². The summed E-state index contributed by atoms with van der Waals surface area (Å²) >= 11 is 0. The Kier molecular flexibility index (Phi) is 3.60. The van der Waals surface area contributed by atoms with Gasteiger partial charge in [0.25, 0.3) is 0 Å². The molecule has 0 saturated carbocycles. The minimum atomic E-state index is -0.243. The van der Waals surface area contributed by atoms with Crippen LogP contribution in [0.5, 0.6) is 5.75 Å². The average Bonchev–Trinajstić information content (AvgIpc) is 3.17. The molecule has 6 heteroatoms. The summed E-state index contributed by atoms with van der Waals surface area (Å²) in [4.78, 5) is 11.1. The Morgan fingerprint density at radius 1 is 1.19 bits per heavy atom. The molecule has 1 saturated heterocycles. The van der Waals surface area contributed by atoms with Gasteiger partial charge in [-0.15, -0.1) is 0 Å². The molecule has 0 unspecified atom stereocenters. The second kappa shape index (κ2) is 5.99. The van der Waals surface area contributed by atoms with Gasteiger partial charge in [0.05, 0.1) is 26.1 Å². The van der Waals surface area contributed by atoms with Gasteiger partial charge in [-0.25, -0.2) is 4.98 Å². The fourth-order valence-electron chi connectivity index (χ4n) is 4.46. The van der Waals surface area contributed by atoms with E-state index in [4.69, 9.17) is 9.47 Å². The molecular weight excluding hydrogens is 328 g/mol. The van der Waals surface area contributed by atoms with Gasteiger partial charge in [-0.05, 0) is 30.9 Å². The third-order valence-electron chi connectivity index (χ3n) is 5.73. The maximum Gasteiger partial charge on any atom is 0.156 e. The van der Waals surface area contributed by atoms with Gasteiger partial charge in [-0.3, -0.25) is 9.38 Å². The number of piperidine rings is 1. The van der Waals surface area contributed by atoms with Crippen molar-refractivity contribution >= 4 is 11.5 Å². The predicted octanol–water partition coefficient (Wildman–Crippen LogP) is 2.81.